The monoisotopic (exact) mass is 242 g/mol. The van der Waals surface area contributed by atoms with E-state index >= 15 is 0 Å². The molecule has 92 valence electrons. The van der Waals surface area contributed by atoms with E-state index in [2.05, 4.69) is 14.7 Å². The number of rotatable bonds is 4. The number of hydrogen-bond acceptors (Lipinski definition) is 8. The predicted molar refractivity (Wildman–Crippen MR) is 55.6 cm³/mol. The van der Waals surface area contributed by atoms with Gasteiger partial charge in [-0.25, -0.2) is 4.79 Å². The van der Waals surface area contributed by atoms with Crippen LogP contribution in [0.15, 0.2) is 0 Å². The largest absolute Gasteiger partial charge is 0.464 e. The molecule has 9 nitrogen and oxygen atoms in total. The zero-order chi connectivity index (χ0) is 13.0. The second-order valence-electron chi connectivity index (χ2n) is 2.77. The molecule has 0 bridgehead atoms. The highest BCUT2D eigenvalue weighted by atomic mass is 16.6. The summed E-state index contributed by atoms with van der Waals surface area (Å²) in [4.78, 5) is 28.3. The van der Waals surface area contributed by atoms with Crippen molar-refractivity contribution in [1.29, 1.82) is 0 Å². The second kappa shape index (κ2) is 5.05. The van der Waals surface area contributed by atoms with Crippen LogP contribution in [-0.2, 0) is 4.74 Å². The average Bonchev–Trinajstić information content (AvgIpc) is 2.27. The highest BCUT2D eigenvalue weighted by Gasteiger charge is 2.29. The molecule has 0 unspecified atom stereocenters. The van der Waals surface area contributed by atoms with Crippen molar-refractivity contribution >= 4 is 17.5 Å². The number of esters is 1. The van der Waals surface area contributed by atoms with Crippen LogP contribution >= 0.6 is 0 Å². The number of methoxy groups -OCH3 is 1. The molecule has 0 saturated carbocycles. The molecule has 0 aromatic carbocycles. The van der Waals surface area contributed by atoms with Crippen molar-refractivity contribution in [3.05, 3.63) is 15.8 Å². The molecule has 17 heavy (non-hydrogen) atoms. The lowest BCUT2D eigenvalue weighted by atomic mass is 10.3. The van der Waals surface area contributed by atoms with Crippen LogP contribution < -0.4 is 10.5 Å². The van der Waals surface area contributed by atoms with Gasteiger partial charge in [0, 0.05) is 0 Å². The fraction of sp³-hybridized carbons (Fsp3) is 0.375. The van der Waals surface area contributed by atoms with Crippen molar-refractivity contribution in [3.8, 4) is 6.01 Å². The van der Waals surface area contributed by atoms with Crippen molar-refractivity contribution in [3.63, 3.8) is 0 Å². The molecule has 9 heteroatoms. The Balaban J connectivity index is 3.39. The first-order valence-corrected chi connectivity index (χ1v) is 4.54. The molecule has 0 amide bonds. The van der Waals surface area contributed by atoms with Crippen LogP contribution in [0.1, 0.15) is 17.4 Å². The third kappa shape index (κ3) is 2.56. The average molecular weight is 242 g/mol. The summed E-state index contributed by atoms with van der Waals surface area (Å²) < 4.78 is 9.29. The van der Waals surface area contributed by atoms with Gasteiger partial charge in [0.1, 0.15) is 0 Å². The summed E-state index contributed by atoms with van der Waals surface area (Å²) in [7, 11) is 1.07. The molecule has 1 rings (SSSR count). The Morgan fingerprint density at radius 2 is 2.18 bits per heavy atom. The molecular weight excluding hydrogens is 232 g/mol. The number of nitrogens with two attached hydrogens (primary N) is 1. The Kier molecular flexibility index (Phi) is 3.75. The number of ether oxygens (including phenoxy) is 2. The molecule has 0 atom stereocenters. The number of aromatic nitrogens is 2. The SMILES string of the molecule is CCOc1nc(N)c([N+](=O)[O-])c(C(=O)OC)n1. The van der Waals surface area contributed by atoms with Gasteiger partial charge in [0.05, 0.1) is 18.6 Å². The third-order valence-electron chi connectivity index (χ3n) is 1.73. The minimum Gasteiger partial charge on any atom is -0.464 e. The fourth-order valence-electron chi connectivity index (χ4n) is 1.06. The number of anilines is 1. The van der Waals surface area contributed by atoms with Crippen molar-refractivity contribution in [1.82, 2.24) is 9.97 Å². The summed E-state index contributed by atoms with van der Waals surface area (Å²) in [6.45, 7) is 1.90. The van der Waals surface area contributed by atoms with Gasteiger partial charge in [-0.2, -0.15) is 9.97 Å². The lowest BCUT2D eigenvalue weighted by Gasteiger charge is -2.05. The van der Waals surface area contributed by atoms with Crippen LogP contribution in [0.5, 0.6) is 6.01 Å². The van der Waals surface area contributed by atoms with Crippen molar-refractivity contribution in [2.45, 2.75) is 6.92 Å². The van der Waals surface area contributed by atoms with Gasteiger partial charge >= 0.3 is 17.7 Å². The Morgan fingerprint density at radius 3 is 2.65 bits per heavy atom. The molecule has 1 heterocycles. The minimum atomic E-state index is -0.980. The van der Waals surface area contributed by atoms with Gasteiger partial charge in [0.25, 0.3) is 0 Å². The molecule has 0 spiro atoms. The lowest BCUT2D eigenvalue weighted by molar-refractivity contribution is -0.384. The predicted octanol–water partition coefficient (Wildman–Crippen LogP) is 0.152. The summed E-state index contributed by atoms with van der Waals surface area (Å²) in [6.07, 6.45) is 0. The zero-order valence-corrected chi connectivity index (χ0v) is 9.17. The maximum atomic E-state index is 11.3. The van der Waals surface area contributed by atoms with E-state index in [1.165, 1.54) is 0 Å². The number of carbonyl (C=O) groups is 1. The van der Waals surface area contributed by atoms with E-state index in [-0.39, 0.29) is 12.6 Å². The first-order valence-electron chi connectivity index (χ1n) is 4.54. The van der Waals surface area contributed by atoms with Gasteiger partial charge in [0.15, 0.2) is 0 Å². The summed E-state index contributed by atoms with van der Waals surface area (Å²) in [6, 6.07) is -0.212. The molecule has 1 aromatic rings. The Morgan fingerprint density at radius 1 is 1.53 bits per heavy atom. The van der Waals surface area contributed by atoms with Gasteiger partial charge < -0.3 is 15.2 Å². The molecule has 1 aromatic heterocycles. The first kappa shape index (κ1) is 12.6. The molecule has 0 radical (unpaired) electrons. The molecule has 0 aliphatic carbocycles. The van der Waals surface area contributed by atoms with Crippen LogP contribution in [0.25, 0.3) is 0 Å². The summed E-state index contributed by atoms with van der Waals surface area (Å²) >= 11 is 0. The molecule has 0 saturated heterocycles. The Bertz CT molecular complexity index is 461. The highest BCUT2D eigenvalue weighted by molar-refractivity contribution is 5.93. The van der Waals surface area contributed by atoms with Crippen LogP contribution in [0, 0.1) is 10.1 Å². The van der Waals surface area contributed by atoms with Crippen LogP contribution in [-0.4, -0.2) is 34.6 Å². The third-order valence-corrected chi connectivity index (χ3v) is 1.73. The second-order valence-corrected chi connectivity index (χ2v) is 2.77. The zero-order valence-electron chi connectivity index (χ0n) is 9.17. The maximum absolute atomic E-state index is 11.3. The normalized spacial score (nSPS) is 9.76. The number of nitro groups is 1. The molecule has 0 aliphatic rings. The van der Waals surface area contributed by atoms with Crippen molar-refractivity contribution in [2.24, 2.45) is 0 Å². The molecule has 0 aliphatic heterocycles. The van der Waals surface area contributed by atoms with Crippen LogP contribution in [0.3, 0.4) is 0 Å². The topological polar surface area (TPSA) is 130 Å². The van der Waals surface area contributed by atoms with Gasteiger partial charge in [0.2, 0.25) is 11.5 Å². The van der Waals surface area contributed by atoms with Crippen molar-refractivity contribution < 1.29 is 19.2 Å². The Hall–Kier alpha value is -2.45. The minimum absolute atomic E-state index is 0.212. The number of nitrogen functional groups attached to an aromatic ring is 1. The maximum Gasteiger partial charge on any atom is 0.364 e. The first-order chi connectivity index (χ1) is 8.01. The lowest BCUT2D eigenvalue weighted by Crippen LogP contribution is -2.13. The number of nitrogens with zero attached hydrogens (tertiary/aromatic N) is 3. The van der Waals surface area contributed by atoms with E-state index in [1.807, 2.05) is 0 Å². The van der Waals surface area contributed by atoms with Crippen LogP contribution in [0.2, 0.25) is 0 Å². The molecular formula is C8H10N4O5. The standard InChI is InChI=1S/C8H10N4O5/c1-3-17-8-10-4(7(13)16-2)5(12(14)15)6(9)11-8/h3H2,1-2H3,(H2,9,10,11). The molecule has 2 N–H and O–H groups in total. The van der Waals surface area contributed by atoms with E-state index in [0.717, 1.165) is 7.11 Å². The van der Waals surface area contributed by atoms with E-state index in [9.17, 15) is 14.9 Å². The van der Waals surface area contributed by atoms with Crippen molar-refractivity contribution in [2.75, 3.05) is 19.5 Å². The summed E-state index contributed by atoms with van der Waals surface area (Å²) in [5.41, 5.74) is 4.14. The van der Waals surface area contributed by atoms with E-state index in [0.29, 0.717) is 0 Å². The van der Waals surface area contributed by atoms with Gasteiger partial charge in [-0.1, -0.05) is 0 Å². The van der Waals surface area contributed by atoms with E-state index in [1.54, 1.807) is 6.92 Å². The van der Waals surface area contributed by atoms with Gasteiger partial charge in [-0.05, 0) is 6.92 Å². The highest BCUT2D eigenvalue weighted by Crippen LogP contribution is 2.25. The van der Waals surface area contributed by atoms with Gasteiger partial charge in [-0.3, -0.25) is 10.1 Å². The smallest absolute Gasteiger partial charge is 0.364 e. The number of hydrogen-bond donors (Lipinski definition) is 1. The number of carbonyl (C=O) groups excluding carboxylic acids is 1. The fourth-order valence-corrected chi connectivity index (χ4v) is 1.06. The molecule has 0 fully saturated rings. The summed E-state index contributed by atoms with van der Waals surface area (Å²) in [5, 5.41) is 10.7. The van der Waals surface area contributed by atoms with E-state index in [4.69, 9.17) is 10.5 Å². The van der Waals surface area contributed by atoms with E-state index < -0.39 is 28.1 Å². The van der Waals surface area contributed by atoms with Gasteiger partial charge in [-0.15, -0.1) is 0 Å². The Labute approximate surface area is 95.7 Å². The quantitative estimate of drug-likeness (QED) is 0.448. The van der Waals surface area contributed by atoms with Crippen LogP contribution in [0.4, 0.5) is 11.5 Å². The summed E-state index contributed by atoms with van der Waals surface area (Å²) in [5.74, 6) is -1.43.